The van der Waals surface area contributed by atoms with Crippen molar-refractivity contribution in [1.29, 1.82) is 0 Å². The Morgan fingerprint density at radius 2 is 1.87 bits per heavy atom. The lowest BCUT2D eigenvalue weighted by atomic mass is 9.92. The number of rotatable bonds is 9. The summed E-state index contributed by atoms with van der Waals surface area (Å²) in [5, 5.41) is 2.96. The quantitative estimate of drug-likeness (QED) is 0.311. The predicted molar refractivity (Wildman–Crippen MR) is 145 cm³/mol. The maximum atomic E-state index is 13.7. The molecule has 1 saturated carbocycles. The van der Waals surface area contributed by atoms with Crippen LogP contribution in [0.15, 0.2) is 54.9 Å². The third kappa shape index (κ3) is 6.16. The Labute approximate surface area is 221 Å². The maximum absolute atomic E-state index is 13.7. The summed E-state index contributed by atoms with van der Waals surface area (Å²) in [7, 11) is 4.23. The van der Waals surface area contributed by atoms with Gasteiger partial charge in [0.1, 0.15) is 23.4 Å². The summed E-state index contributed by atoms with van der Waals surface area (Å²) in [4.78, 5) is 32.0. The van der Waals surface area contributed by atoms with Crippen molar-refractivity contribution in [1.82, 2.24) is 30.2 Å². The number of benzene rings is 2. The van der Waals surface area contributed by atoms with Gasteiger partial charge in [-0.15, -0.1) is 0 Å². The topological polar surface area (TPSA) is 96.0 Å². The van der Waals surface area contributed by atoms with Crippen LogP contribution in [0.4, 0.5) is 4.39 Å². The molecule has 1 aliphatic rings. The van der Waals surface area contributed by atoms with Gasteiger partial charge in [0, 0.05) is 42.5 Å². The first-order chi connectivity index (χ1) is 18.5. The second-order valence-corrected chi connectivity index (χ2v) is 10.00. The van der Waals surface area contributed by atoms with Gasteiger partial charge in [-0.3, -0.25) is 4.79 Å². The van der Waals surface area contributed by atoms with E-state index < -0.39 is 0 Å². The number of hydrogen-bond donors (Lipinski definition) is 2. The van der Waals surface area contributed by atoms with E-state index in [4.69, 9.17) is 14.7 Å². The average molecular weight is 517 g/mol. The molecular weight excluding hydrogens is 483 g/mol. The molecule has 1 amide bonds. The van der Waals surface area contributed by atoms with Crippen LogP contribution in [0.25, 0.3) is 22.3 Å². The Balaban J connectivity index is 1.35. The van der Waals surface area contributed by atoms with Crippen LogP contribution in [-0.4, -0.2) is 63.5 Å². The second-order valence-electron chi connectivity index (χ2n) is 10.00. The van der Waals surface area contributed by atoms with Crippen LogP contribution < -0.4 is 10.1 Å². The predicted octanol–water partition coefficient (Wildman–Crippen LogP) is 4.77. The minimum atomic E-state index is -0.321. The van der Waals surface area contributed by atoms with Crippen molar-refractivity contribution >= 4 is 16.9 Å². The number of fused-ring (bicyclic) bond motifs is 1. The molecule has 0 aliphatic heterocycles. The van der Waals surface area contributed by atoms with Gasteiger partial charge in [0.2, 0.25) is 5.88 Å². The average Bonchev–Trinajstić information content (AvgIpc) is 3.45. The van der Waals surface area contributed by atoms with E-state index in [9.17, 15) is 9.18 Å². The number of H-pyrrole nitrogens is 1. The lowest BCUT2D eigenvalue weighted by Crippen LogP contribution is -2.35. The van der Waals surface area contributed by atoms with E-state index in [0.29, 0.717) is 46.3 Å². The van der Waals surface area contributed by atoms with Gasteiger partial charge in [0.15, 0.2) is 0 Å². The molecular formula is C29H33FN6O2. The summed E-state index contributed by atoms with van der Waals surface area (Å²) in [5.74, 6) is 0.845. The van der Waals surface area contributed by atoms with Crippen molar-refractivity contribution in [2.75, 3.05) is 20.6 Å². The van der Waals surface area contributed by atoms with Gasteiger partial charge >= 0.3 is 0 Å². The fraction of sp³-hybridized carbons (Fsp3) is 0.379. The molecule has 5 rings (SSSR count). The van der Waals surface area contributed by atoms with Gasteiger partial charge in [0.05, 0.1) is 11.0 Å². The van der Waals surface area contributed by atoms with Crippen molar-refractivity contribution in [3.05, 3.63) is 72.1 Å². The van der Waals surface area contributed by atoms with Crippen LogP contribution in [0.3, 0.4) is 0 Å². The van der Waals surface area contributed by atoms with E-state index in [-0.39, 0.29) is 17.8 Å². The molecule has 1 aliphatic carbocycles. The van der Waals surface area contributed by atoms with Crippen molar-refractivity contribution in [2.45, 2.75) is 50.7 Å². The molecule has 2 N–H and O–H groups in total. The monoisotopic (exact) mass is 516 g/mol. The normalized spacial score (nSPS) is 17.6. The summed E-state index contributed by atoms with van der Waals surface area (Å²) in [6.07, 6.45) is 9.08. The fourth-order valence-corrected chi connectivity index (χ4v) is 4.89. The Bertz CT molecular complexity index is 1370. The summed E-state index contributed by atoms with van der Waals surface area (Å²) in [6, 6.07) is 12.0. The van der Waals surface area contributed by atoms with E-state index in [0.717, 1.165) is 44.3 Å². The fourth-order valence-electron chi connectivity index (χ4n) is 4.89. The molecule has 0 bridgehead atoms. The first-order valence-corrected chi connectivity index (χ1v) is 13.1. The Hall–Kier alpha value is -3.85. The molecule has 2 aromatic heterocycles. The van der Waals surface area contributed by atoms with Gasteiger partial charge in [-0.1, -0.05) is 0 Å². The van der Waals surface area contributed by atoms with Gasteiger partial charge in [-0.2, -0.15) is 0 Å². The van der Waals surface area contributed by atoms with E-state index in [2.05, 4.69) is 34.3 Å². The molecule has 4 aromatic rings. The molecule has 0 saturated heterocycles. The number of nitrogens with one attached hydrogen (secondary N) is 2. The number of halogens is 1. The third-order valence-electron chi connectivity index (χ3n) is 7.10. The highest BCUT2D eigenvalue weighted by molar-refractivity contribution is 5.97. The van der Waals surface area contributed by atoms with Crippen molar-refractivity contribution in [3.8, 4) is 17.1 Å². The smallest absolute Gasteiger partial charge is 0.251 e. The summed E-state index contributed by atoms with van der Waals surface area (Å²) < 4.78 is 20.1. The molecule has 0 atom stereocenters. The Morgan fingerprint density at radius 1 is 1.08 bits per heavy atom. The zero-order chi connectivity index (χ0) is 26.5. The third-order valence-corrected chi connectivity index (χ3v) is 7.10. The number of aryl methyl sites for hydroxylation is 1. The number of amides is 1. The number of aromatic nitrogens is 4. The highest BCUT2D eigenvalue weighted by Gasteiger charge is 2.25. The second kappa shape index (κ2) is 11.7. The number of ether oxygens (including phenoxy) is 1. The molecule has 1 fully saturated rings. The van der Waals surface area contributed by atoms with Crippen LogP contribution in [0.2, 0.25) is 0 Å². The molecule has 9 heteroatoms. The van der Waals surface area contributed by atoms with Crippen molar-refractivity contribution < 1.29 is 13.9 Å². The number of hydrogen-bond acceptors (Lipinski definition) is 6. The van der Waals surface area contributed by atoms with Crippen molar-refractivity contribution in [3.63, 3.8) is 0 Å². The maximum Gasteiger partial charge on any atom is 0.251 e. The molecule has 0 unspecified atom stereocenters. The largest absolute Gasteiger partial charge is 0.473 e. The van der Waals surface area contributed by atoms with Crippen LogP contribution in [0.5, 0.6) is 5.88 Å². The van der Waals surface area contributed by atoms with Crippen LogP contribution >= 0.6 is 0 Å². The molecule has 0 radical (unpaired) electrons. The summed E-state index contributed by atoms with van der Waals surface area (Å²) >= 11 is 0. The first-order valence-electron chi connectivity index (χ1n) is 13.1. The SMILES string of the molecule is CN(C)C1CCC(Oc2nc3ccc(C(=O)NCCCc4ncc[nH]4)cc3nc2-c2ccc(F)cc2)CC1. The first kappa shape index (κ1) is 25.8. The minimum Gasteiger partial charge on any atom is -0.473 e. The minimum absolute atomic E-state index is 0.0448. The zero-order valence-corrected chi connectivity index (χ0v) is 21.8. The van der Waals surface area contributed by atoms with Crippen LogP contribution in [-0.2, 0) is 6.42 Å². The van der Waals surface area contributed by atoms with E-state index in [1.54, 1.807) is 42.7 Å². The number of imidazole rings is 1. The van der Waals surface area contributed by atoms with E-state index >= 15 is 0 Å². The summed E-state index contributed by atoms with van der Waals surface area (Å²) in [6.45, 7) is 0.535. The lowest BCUT2D eigenvalue weighted by Gasteiger charge is -2.32. The Kier molecular flexibility index (Phi) is 7.93. The standard InChI is InChI=1S/C29H33FN6O2/c1-36(2)22-10-12-23(13-11-22)38-29-27(19-5-8-21(30)9-6-19)34-25-18-20(7-14-24(25)35-29)28(37)33-15-3-4-26-31-16-17-32-26/h5-9,14,16-18,22-23H,3-4,10-13,15H2,1-2H3,(H,31,32)(H,33,37). The van der Waals surface area contributed by atoms with Crippen molar-refractivity contribution in [2.24, 2.45) is 0 Å². The molecule has 198 valence electrons. The number of carbonyl (C=O) groups is 1. The molecule has 2 aromatic carbocycles. The molecule has 0 spiro atoms. The number of nitrogens with zero attached hydrogens (tertiary/aromatic N) is 4. The van der Waals surface area contributed by atoms with Gasteiger partial charge in [0.25, 0.3) is 5.91 Å². The molecule has 2 heterocycles. The molecule has 8 nitrogen and oxygen atoms in total. The van der Waals surface area contributed by atoms with Gasteiger partial charge in [-0.05, 0) is 88.7 Å². The lowest BCUT2D eigenvalue weighted by molar-refractivity contribution is 0.0953. The van der Waals surface area contributed by atoms with E-state index in [1.807, 2.05) is 0 Å². The number of aromatic amines is 1. The van der Waals surface area contributed by atoms with E-state index in [1.165, 1.54) is 12.1 Å². The number of carbonyl (C=O) groups excluding carboxylic acids is 1. The van der Waals surface area contributed by atoms with Gasteiger partial charge in [-0.25, -0.2) is 19.3 Å². The zero-order valence-electron chi connectivity index (χ0n) is 21.8. The van der Waals surface area contributed by atoms with Crippen LogP contribution in [0, 0.1) is 5.82 Å². The Morgan fingerprint density at radius 3 is 2.58 bits per heavy atom. The highest BCUT2D eigenvalue weighted by atomic mass is 19.1. The van der Waals surface area contributed by atoms with Crippen LogP contribution in [0.1, 0.15) is 48.3 Å². The highest BCUT2D eigenvalue weighted by Crippen LogP contribution is 2.33. The summed E-state index contributed by atoms with van der Waals surface area (Å²) in [5.41, 5.74) is 2.98. The van der Waals surface area contributed by atoms with Gasteiger partial charge < -0.3 is 19.9 Å². The molecule has 38 heavy (non-hydrogen) atoms.